The molecule has 5 nitrogen and oxygen atoms in total. The third kappa shape index (κ3) is 2.99. The van der Waals surface area contributed by atoms with Gasteiger partial charge in [-0.3, -0.25) is 0 Å². The zero-order valence-electron chi connectivity index (χ0n) is 11.8. The average Bonchev–Trinajstić information content (AvgIpc) is 2.87. The molecule has 0 saturated carbocycles. The number of carbonyl (C=O) groups is 1. The highest BCUT2D eigenvalue weighted by molar-refractivity contribution is 5.84. The van der Waals surface area contributed by atoms with Gasteiger partial charge >= 0.3 is 5.97 Å². The molecular weight excluding hydrogens is 256 g/mol. The van der Waals surface area contributed by atoms with Crippen LogP contribution >= 0.6 is 0 Å². The van der Waals surface area contributed by atoms with Crippen LogP contribution in [0.3, 0.4) is 0 Å². The first-order valence-corrected chi connectivity index (χ1v) is 6.43. The molecule has 0 aliphatic heterocycles. The first-order chi connectivity index (χ1) is 9.51. The standard InChI is InChI=1S/C15H18N2O3/c1-10(2)11-4-5-14(20-3)12(6-11)7-17-8-13(15(18)19)16-9-17/h4-6,8-10H,7H2,1-3H3,(H,18,19). The van der Waals surface area contributed by atoms with Crippen LogP contribution in [0, 0.1) is 0 Å². The molecule has 0 radical (unpaired) electrons. The topological polar surface area (TPSA) is 64.4 Å². The van der Waals surface area contributed by atoms with E-state index < -0.39 is 5.97 Å². The highest BCUT2D eigenvalue weighted by atomic mass is 16.5. The molecule has 1 N–H and O–H groups in total. The Balaban J connectivity index is 2.30. The molecule has 0 aliphatic carbocycles. The van der Waals surface area contributed by atoms with E-state index in [0.29, 0.717) is 12.5 Å². The Morgan fingerprint density at radius 3 is 2.75 bits per heavy atom. The van der Waals surface area contributed by atoms with Crippen molar-refractivity contribution in [2.45, 2.75) is 26.3 Å². The number of nitrogens with zero attached hydrogens (tertiary/aromatic N) is 2. The Labute approximate surface area is 117 Å². The lowest BCUT2D eigenvalue weighted by Crippen LogP contribution is -2.02. The van der Waals surface area contributed by atoms with Crippen LogP contribution in [0.1, 0.15) is 41.4 Å². The zero-order valence-corrected chi connectivity index (χ0v) is 11.8. The Bertz CT molecular complexity index is 617. The summed E-state index contributed by atoms with van der Waals surface area (Å²) >= 11 is 0. The van der Waals surface area contributed by atoms with Gasteiger partial charge in [-0.25, -0.2) is 9.78 Å². The van der Waals surface area contributed by atoms with Crippen molar-refractivity contribution in [2.24, 2.45) is 0 Å². The van der Waals surface area contributed by atoms with Crippen molar-refractivity contribution < 1.29 is 14.6 Å². The summed E-state index contributed by atoms with van der Waals surface area (Å²) in [5.41, 5.74) is 2.27. The summed E-state index contributed by atoms with van der Waals surface area (Å²) in [4.78, 5) is 14.7. The quantitative estimate of drug-likeness (QED) is 0.910. The highest BCUT2D eigenvalue weighted by Gasteiger charge is 2.10. The number of aromatic nitrogens is 2. The predicted octanol–water partition coefficient (Wildman–Crippen LogP) is 2.76. The van der Waals surface area contributed by atoms with Crippen molar-refractivity contribution in [1.29, 1.82) is 0 Å². The second-order valence-electron chi connectivity index (χ2n) is 4.96. The van der Waals surface area contributed by atoms with Gasteiger partial charge in [-0.2, -0.15) is 0 Å². The number of rotatable bonds is 5. The van der Waals surface area contributed by atoms with Gasteiger partial charge in [0, 0.05) is 11.8 Å². The van der Waals surface area contributed by atoms with Gasteiger partial charge in [-0.05, 0) is 17.5 Å². The van der Waals surface area contributed by atoms with Gasteiger partial charge < -0.3 is 14.4 Å². The zero-order chi connectivity index (χ0) is 14.7. The number of benzene rings is 1. The number of carboxylic acids is 1. The molecule has 0 spiro atoms. The molecule has 1 aromatic carbocycles. The van der Waals surface area contributed by atoms with Gasteiger partial charge in [0.1, 0.15) is 5.75 Å². The minimum absolute atomic E-state index is 0.0454. The SMILES string of the molecule is COc1ccc(C(C)C)cc1Cn1cnc(C(=O)O)c1. The van der Waals surface area contributed by atoms with E-state index >= 15 is 0 Å². The summed E-state index contributed by atoms with van der Waals surface area (Å²) in [6.45, 7) is 4.79. The summed E-state index contributed by atoms with van der Waals surface area (Å²) in [6, 6.07) is 6.08. The maximum Gasteiger partial charge on any atom is 0.356 e. The van der Waals surface area contributed by atoms with E-state index in [4.69, 9.17) is 9.84 Å². The van der Waals surface area contributed by atoms with Gasteiger partial charge in [0.05, 0.1) is 20.0 Å². The summed E-state index contributed by atoms with van der Waals surface area (Å²) in [5.74, 6) is 0.198. The number of ether oxygens (including phenoxy) is 1. The van der Waals surface area contributed by atoms with Crippen LogP contribution in [0.4, 0.5) is 0 Å². The van der Waals surface area contributed by atoms with Gasteiger partial charge in [0.25, 0.3) is 0 Å². The van der Waals surface area contributed by atoms with Crippen LogP contribution in [0.2, 0.25) is 0 Å². The van der Waals surface area contributed by atoms with Crippen LogP contribution < -0.4 is 4.74 Å². The van der Waals surface area contributed by atoms with Gasteiger partial charge in [0.15, 0.2) is 5.69 Å². The molecule has 0 atom stereocenters. The van der Waals surface area contributed by atoms with E-state index in [2.05, 4.69) is 24.9 Å². The smallest absolute Gasteiger partial charge is 0.356 e. The molecule has 106 valence electrons. The van der Waals surface area contributed by atoms with Crippen LogP contribution in [0.25, 0.3) is 0 Å². The minimum Gasteiger partial charge on any atom is -0.496 e. The van der Waals surface area contributed by atoms with E-state index in [1.165, 1.54) is 18.1 Å². The van der Waals surface area contributed by atoms with Gasteiger partial charge in [-0.15, -0.1) is 0 Å². The second kappa shape index (κ2) is 5.77. The van der Waals surface area contributed by atoms with E-state index in [1.54, 1.807) is 11.7 Å². The molecule has 0 fully saturated rings. The van der Waals surface area contributed by atoms with Gasteiger partial charge in [-0.1, -0.05) is 26.0 Å². The van der Waals surface area contributed by atoms with Crippen LogP contribution in [-0.2, 0) is 6.54 Å². The predicted molar refractivity (Wildman–Crippen MR) is 75.4 cm³/mol. The third-order valence-corrected chi connectivity index (χ3v) is 3.18. The highest BCUT2D eigenvalue weighted by Crippen LogP contribution is 2.25. The molecule has 2 aromatic rings. The first kappa shape index (κ1) is 14.1. The maximum atomic E-state index is 10.8. The van der Waals surface area contributed by atoms with Crippen molar-refractivity contribution >= 4 is 5.97 Å². The monoisotopic (exact) mass is 274 g/mol. The van der Waals surface area contributed by atoms with Crippen molar-refractivity contribution in [1.82, 2.24) is 9.55 Å². The van der Waals surface area contributed by atoms with Crippen molar-refractivity contribution in [3.05, 3.63) is 47.5 Å². The maximum absolute atomic E-state index is 10.8. The molecule has 0 aliphatic rings. The Kier molecular flexibility index (Phi) is 4.08. The molecular formula is C15H18N2O3. The summed E-state index contributed by atoms with van der Waals surface area (Å²) in [7, 11) is 1.63. The summed E-state index contributed by atoms with van der Waals surface area (Å²) in [5, 5.41) is 8.88. The lowest BCUT2D eigenvalue weighted by atomic mass is 10.00. The number of carboxylic acid groups (broad SMARTS) is 1. The Morgan fingerprint density at radius 1 is 1.45 bits per heavy atom. The van der Waals surface area contributed by atoms with Crippen molar-refractivity contribution in [2.75, 3.05) is 7.11 Å². The van der Waals surface area contributed by atoms with Gasteiger partial charge in [0.2, 0.25) is 0 Å². The Hall–Kier alpha value is -2.30. The normalized spacial score (nSPS) is 10.8. The fourth-order valence-electron chi connectivity index (χ4n) is 2.03. The first-order valence-electron chi connectivity index (χ1n) is 6.43. The number of hydrogen-bond donors (Lipinski definition) is 1. The molecule has 0 amide bonds. The van der Waals surface area contributed by atoms with E-state index in [9.17, 15) is 4.79 Å². The molecule has 1 aromatic heterocycles. The molecule has 0 bridgehead atoms. The molecule has 0 saturated heterocycles. The number of hydrogen-bond acceptors (Lipinski definition) is 3. The summed E-state index contributed by atoms with van der Waals surface area (Å²) in [6.07, 6.45) is 3.04. The van der Waals surface area contributed by atoms with E-state index in [1.807, 2.05) is 12.1 Å². The fourth-order valence-corrected chi connectivity index (χ4v) is 2.03. The average molecular weight is 274 g/mol. The van der Waals surface area contributed by atoms with Crippen LogP contribution in [0.15, 0.2) is 30.7 Å². The van der Waals surface area contributed by atoms with E-state index in [0.717, 1.165) is 11.3 Å². The molecule has 1 heterocycles. The van der Waals surface area contributed by atoms with Crippen molar-refractivity contribution in [3.8, 4) is 5.75 Å². The minimum atomic E-state index is -1.02. The van der Waals surface area contributed by atoms with E-state index in [-0.39, 0.29) is 5.69 Å². The second-order valence-corrected chi connectivity index (χ2v) is 4.96. The molecule has 2 rings (SSSR count). The van der Waals surface area contributed by atoms with Crippen LogP contribution in [-0.4, -0.2) is 27.7 Å². The van der Waals surface area contributed by atoms with Crippen molar-refractivity contribution in [3.63, 3.8) is 0 Å². The largest absolute Gasteiger partial charge is 0.496 e. The molecule has 0 unspecified atom stereocenters. The number of imidazole rings is 1. The number of aromatic carboxylic acids is 1. The number of methoxy groups -OCH3 is 1. The molecule has 20 heavy (non-hydrogen) atoms. The fraction of sp³-hybridized carbons (Fsp3) is 0.333. The summed E-state index contributed by atoms with van der Waals surface area (Å²) < 4.78 is 7.10. The Morgan fingerprint density at radius 2 is 2.20 bits per heavy atom. The lowest BCUT2D eigenvalue weighted by Gasteiger charge is -2.13. The molecule has 5 heteroatoms. The van der Waals surface area contributed by atoms with Crippen LogP contribution in [0.5, 0.6) is 5.75 Å². The lowest BCUT2D eigenvalue weighted by molar-refractivity contribution is 0.0691. The third-order valence-electron chi connectivity index (χ3n) is 3.18.